The number of phenols is 1. The van der Waals surface area contributed by atoms with Gasteiger partial charge in [-0.2, -0.15) is 0 Å². The monoisotopic (exact) mass is 1400 g/mol. The molecule has 0 spiro atoms. The second-order valence-electron chi connectivity index (χ2n) is 25.9. The van der Waals surface area contributed by atoms with Crippen LogP contribution in [0.4, 0.5) is 0 Å². The van der Waals surface area contributed by atoms with Crippen molar-refractivity contribution in [2.24, 2.45) is 35.0 Å². The summed E-state index contributed by atoms with van der Waals surface area (Å²) >= 11 is 0. The van der Waals surface area contributed by atoms with Crippen molar-refractivity contribution in [3.8, 4) is 5.75 Å². The number of nitrogens with zero attached hydrogens (tertiary/aromatic N) is 1. The molecule has 1 aromatic carbocycles. The van der Waals surface area contributed by atoms with Crippen molar-refractivity contribution in [3.05, 3.63) is 29.8 Å². The van der Waals surface area contributed by atoms with E-state index in [4.69, 9.17) is 22.3 Å². The average molecular weight is 1410 g/mol. The molecule has 0 aliphatic carbocycles. The van der Waals surface area contributed by atoms with E-state index in [9.17, 15) is 97.5 Å². The second-order valence-corrected chi connectivity index (χ2v) is 25.9. The molecule has 2 rings (SSSR count). The Labute approximate surface area is 574 Å². The van der Waals surface area contributed by atoms with Gasteiger partial charge in [-0.05, 0) is 139 Å². The van der Waals surface area contributed by atoms with Gasteiger partial charge in [0.15, 0.2) is 0 Å². The normalized spacial score (nSPS) is 16.5. The fourth-order valence-corrected chi connectivity index (χ4v) is 10.6. The van der Waals surface area contributed by atoms with E-state index in [-0.39, 0.29) is 95.0 Å². The lowest BCUT2D eigenvalue weighted by atomic mass is 9.99. The van der Waals surface area contributed by atoms with Crippen molar-refractivity contribution in [2.75, 3.05) is 19.6 Å². The van der Waals surface area contributed by atoms with Crippen LogP contribution in [0, 0.1) is 17.8 Å². The Bertz CT molecular complexity index is 2930. The molecule has 22 N–H and O–H groups in total. The SMILES string of the molecule is CC(C)C[C@H](NC(=O)[C@H](CCCCN)NC(=O)[C@H](CCC(=O)O)NC(=O)[C@H](CC(=O)O)NC(=O)[C@@H](NC(=O)[C@H](C)NC(=O)[C@@H]1CCCN1C(=O)[C@H](CC(C)C)NC(=O)[C@H](Cc1ccc(O)cc1)NC(=O)[C@@H](NC(=O)[C@H](CCCCN)NC(=O)[C@@H](N)CCC(=O)O)[C@@H](C)O)C(C)C)C(=O)O. The van der Waals surface area contributed by atoms with Crippen LogP contribution >= 0.6 is 0 Å². The van der Waals surface area contributed by atoms with Crippen LogP contribution in [0.1, 0.15) is 157 Å². The second kappa shape index (κ2) is 43.3. The molecular formula is C64H104N14O21. The van der Waals surface area contributed by atoms with E-state index < -0.39 is 199 Å². The molecule has 556 valence electrons. The summed E-state index contributed by atoms with van der Waals surface area (Å²) in [7, 11) is 0. The number of nitrogens with one attached hydrogen (secondary N) is 10. The first-order chi connectivity index (χ1) is 46.4. The molecule has 1 heterocycles. The van der Waals surface area contributed by atoms with Gasteiger partial charge in [0.1, 0.15) is 72.2 Å². The van der Waals surface area contributed by atoms with Crippen molar-refractivity contribution < 1.29 is 103 Å². The Kier molecular flexibility index (Phi) is 37.6. The number of amides is 11. The van der Waals surface area contributed by atoms with Crippen molar-refractivity contribution in [1.29, 1.82) is 0 Å². The van der Waals surface area contributed by atoms with Crippen molar-refractivity contribution >= 4 is 88.9 Å². The van der Waals surface area contributed by atoms with E-state index in [2.05, 4.69) is 53.2 Å². The van der Waals surface area contributed by atoms with Gasteiger partial charge in [0.05, 0.1) is 18.6 Å². The van der Waals surface area contributed by atoms with Crippen LogP contribution in [0.2, 0.25) is 0 Å². The van der Waals surface area contributed by atoms with Crippen LogP contribution in [-0.2, 0) is 78.3 Å². The van der Waals surface area contributed by atoms with Crippen molar-refractivity contribution in [3.63, 3.8) is 0 Å². The Balaban J connectivity index is 2.40. The fourth-order valence-electron chi connectivity index (χ4n) is 10.6. The lowest BCUT2D eigenvalue weighted by Crippen LogP contribution is -2.62. The van der Waals surface area contributed by atoms with E-state index in [0.717, 1.165) is 0 Å². The largest absolute Gasteiger partial charge is 0.508 e. The molecule has 0 aromatic heterocycles. The molecule has 35 nitrogen and oxygen atoms in total. The van der Waals surface area contributed by atoms with E-state index in [1.807, 2.05) is 0 Å². The summed E-state index contributed by atoms with van der Waals surface area (Å²) in [6.45, 7) is 12.8. The van der Waals surface area contributed by atoms with Crippen LogP contribution in [0.25, 0.3) is 0 Å². The number of carbonyl (C=O) groups is 15. The number of carbonyl (C=O) groups excluding carboxylic acids is 11. The predicted molar refractivity (Wildman–Crippen MR) is 354 cm³/mol. The molecule has 0 unspecified atom stereocenters. The number of carboxylic acids is 4. The van der Waals surface area contributed by atoms with Gasteiger partial charge in [-0.25, -0.2) is 4.79 Å². The molecule has 99 heavy (non-hydrogen) atoms. The molecule has 11 amide bonds. The van der Waals surface area contributed by atoms with E-state index in [1.165, 1.54) is 56.9 Å². The summed E-state index contributed by atoms with van der Waals surface area (Å²) < 4.78 is 0. The number of aliphatic carboxylic acids is 4. The molecule has 1 aliphatic heterocycles. The Morgan fingerprint density at radius 2 is 0.919 bits per heavy atom. The van der Waals surface area contributed by atoms with Gasteiger partial charge >= 0.3 is 23.9 Å². The van der Waals surface area contributed by atoms with E-state index >= 15 is 0 Å². The third-order valence-electron chi connectivity index (χ3n) is 16.0. The van der Waals surface area contributed by atoms with Gasteiger partial charge in [-0.15, -0.1) is 0 Å². The van der Waals surface area contributed by atoms with Gasteiger partial charge < -0.3 is 106 Å². The molecule has 1 aliphatic rings. The summed E-state index contributed by atoms with van der Waals surface area (Å²) in [4.78, 5) is 202. The van der Waals surface area contributed by atoms with Crippen LogP contribution < -0.4 is 70.4 Å². The molecule has 1 aromatic rings. The topological polar surface area (TPSA) is 579 Å². The van der Waals surface area contributed by atoms with Crippen LogP contribution in [0.15, 0.2) is 24.3 Å². The lowest BCUT2D eigenvalue weighted by molar-refractivity contribution is -0.143. The number of unbranched alkanes of at least 4 members (excludes halogenated alkanes) is 2. The first kappa shape index (κ1) is 86.0. The molecule has 13 atom stereocenters. The van der Waals surface area contributed by atoms with Gasteiger partial charge in [0, 0.05) is 25.8 Å². The quantitative estimate of drug-likeness (QED) is 0.0286. The Hall–Kier alpha value is -9.09. The predicted octanol–water partition coefficient (Wildman–Crippen LogP) is -3.20. The zero-order valence-corrected chi connectivity index (χ0v) is 57.5. The number of rotatable bonds is 46. The number of hydrogen-bond acceptors (Lipinski definition) is 20. The van der Waals surface area contributed by atoms with Crippen LogP contribution in [0.3, 0.4) is 0 Å². The number of aromatic hydroxyl groups is 1. The first-order valence-electron chi connectivity index (χ1n) is 33.2. The number of carboxylic acid groups (broad SMARTS) is 4. The minimum absolute atomic E-state index is 0.000536. The minimum atomic E-state index is -1.98. The standard InChI is InChI=1S/C64H104N14O21/c1-32(2)28-45(74-58(92)43(30-37-17-19-38(80)20-18-37)72-62(96)52(36(8)79)77-57(91)41(15-10-12-26-66)69-54(88)39(67)21-23-48(81)82)63(97)78-27-13-16-47(78)60(94)68-35(7)53(87)76-51(34(5)6)61(95)73-44(31-50(85)86)59(93)71-42(22-24-49(83)84)56(90)70-40(14-9-11-25-65)55(89)75-46(64(98)99)29-33(3)4/h17-20,32-36,39-47,51-52,79-80H,9-16,21-31,65-67H2,1-8H3,(H,68,94)(H,69,88)(H,70,90)(H,71,93)(H,72,96)(H,73,95)(H,74,92)(H,75,89)(H,76,87)(H,77,91)(H,81,82)(H,83,84)(H,85,86)(H,98,99)/t35-,36+,39-,40-,41-,42-,43-,44-,45-,46-,47-,51-,52-/m0/s1. The van der Waals surface area contributed by atoms with E-state index in [1.54, 1.807) is 27.7 Å². The highest BCUT2D eigenvalue weighted by molar-refractivity contribution is 6.00. The molecule has 0 radical (unpaired) electrons. The van der Waals surface area contributed by atoms with Crippen molar-refractivity contribution in [2.45, 2.75) is 237 Å². The molecule has 1 saturated heterocycles. The number of hydrogen-bond donors (Lipinski definition) is 19. The van der Waals surface area contributed by atoms with Gasteiger partial charge in [0.2, 0.25) is 65.0 Å². The molecule has 35 heteroatoms. The first-order valence-corrected chi connectivity index (χ1v) is 33.2. The third-order valence-corrected chi connectivity index (χ3v) is 16.0. The van der Waals surface area contributed by atoms with Gasteiger partial charge in [-0.1, -0.05) is 53.7 Å². The third kappa shape index (κ3) is 31.1. The highest BCUT2D eigenvalue weighted by atomic mass is 16.4. The maximum atomic E-state index is 14.7. The minimum Gasteiger partial charge on any atom is -0.508 e. The zero-order chi connectivity index (χ0) is 75.0. The Morgan fingerprint density at radius 1 is 0.485 bits per heavy atom. The number of likely N-dealkylation sites (tertiary alicyclic amines) is 1. The van der Waals surface area contributed by atoms with Crippen molar-refractivity contribution in [1.82, 2.24) is 58.1 Å². The lowest BCUT2D eigenvalue weighted by Gasteiger charge is -2.32. The van der Waals surface area contributed by atoms with Gasteiger partial charge in [-0.3, -0.25) is 67.1 Å². The molecule has 0 saturated carbocycles. The highest BCUT2D eigenvalue weighted by Crippen LogP contribution is 2.22. The maximum absolute atomic E-state index is 14.7. The molecular weight excluding hydrogens is 1300 g/mol. The van der Waals surface area contributed by atoms with Crippen LogP contribution in [-0.4, -0.2) is 223 Å². The highest BCUT2D eigenvalue weighted by Gasteiger charge is 2.42. The Morgan fingerprint density at radius 3 is 1.41 bits per heavy atom. The number of benzene rings is 1. The number of nitrogens with two attached hydrogens (primary N) is 3. The number of aliphatic hydroxyl groups excluding tert-OH is 1. The average Bonchev–Trinajstić information content (AvgIpc) is 1.78. The smallest absolute Gasteiger partial charge is 0.326 e. The van der Waals surface area contributed by atoms with Crippen LogP contribution in [0.5, 0.6) is 5.75 Å². The number of aliphatic hydroxyl groups is 1. The summed E-state index contributed by atoms with van der Waals surface area (Å²) in [6, 6.07) is -12.5. The van der Waals surface area contributed by atoms with Gasteiger partial charge in [0.25, 0.3) is 0 Å². The number of phenolic OH excluding ortho intramolecular Hbond substituents is 1. The summed E-state index contributed by atoms with van der Waals surface area (Å²) in [5, 5.41) is 83.7. The fraction of sp³-hybridized carbons (Fsp3) is 0.672. The maximum Gasteiger partial charge on any atom is 0.326 e. The molecule has 1 fully saturated rings. The molecule has 0 bridgehead atoms. The summed E-state index contributed by atoms with van der Waals surface area (Å²) in [5.74, 6) is -17.7. The summed E-state index contributed by atoms with van der Waals surface area (Å²) in [6.07, 6.45) is -3.37. The zero-order valence-electron chi connectivity index (χ0n) is 57.5. The summed E-state index contributed by atoms with van der Waals surface area (Å²) in [5.41, 5.74) is 17.6. The van der Waals surface area contributed by atoms with E-state index in [0.29, 0.717) is 24.8 Å².